The molecule has 0 unspecified atom stereocenters. The van der Waals surface area contributed by atoms with Crippen molar-refractivity contribution < 1.29 is 32.8 Å². The summed E-state index contributed by atoms with van der Waals surface area (Å²) in [4.78, 5) is 51.1. The molecule has 208 valence electrons. The fourth-order valence-corrected chi connectivity index (χ4v) is 4.14. The Labute approximate surface area is 225 Å². The number of aromatic nitrogens is 1. The average molecular weight is 542 g/mol. The normalized spacial score (nSPS) is 17.3. The van der Waals surface area contributed by atoms with Crippen molar-refractivity contribution in [1.29, 1.82) is 5.26 Å². The van der Waals surface area contributed by atoms with Gasteiger partial charge in [-0.2, -0.15) is 5.26 Å². The molecule has 1 aliphatic heterocycles. The van der Waals surface area contributed by atoms with E-state index in [0.29, 0.717) is 24.3 Å². The second kappa shape index (κ2) is 13.5. The molecule has 0 aliphatic carbocycles. The fraction of sp³-hybridized carbons (Fsp3) is 0.481. The maximum Gasteiger partial charge on any atom is 0.309 e. The number of nitrogens with zero attached hydrogens (tertiary/aromatic N) is 2. The predicted molar refractivity (Wildman–Crippen MR) is 135 cm³/mol. The fourth-order valence-electron chi connectivity index (χ4n) is 4.14. The monoisotopic (exact) mass is 541 g/mol. The number of carbonyl (C=O) groups is 4. The van der Waals surface area contributed by atoms with E-state index in [0.717, 1.165) is 6.42 Å². The lowest BCUT2D eigenvalue weighted by atomic mass is 9.89. The average Bonchev–Trinajstić information content (AvgIpc) is 3.35. The Hall–Kier alpha value is -4.27. The standard InChI is InChI=1S/C27H32FN5O6/c1-15(2)27(37)38-23(14-29)20(13-18-5-4-10-30-24(18)34)31-25(35)21(12-17-6-8-19(28)9-7-17)32-26(36)22-11-16(3)39-33-22/h6-9,11,15,18,20-21,23H,4-5,10,12-13H2,1-3H3,(H,30,34)(H,31,35)(H,32,36)/t18-,20-,21-,23-/m0/s1. The van der Waals surface area contributed by atoms with E-state index >= 15 is 0 Å². The number of ether oxygens (including phenoxy) is 1. The number of halogens is 1. The van der Waals surface area contributed by atoms with E-state index in [1.807, 2.05) is 6.07 Å². The number of nitrogens with one attached hydrogen (secondary N) is 3. The molecule has 2 aromatic rings. The van der Waals surface area contributed by atoms with Crippen LogP contribution in [0.15, 0.2) is 34.9 Å². The Morgan fingerprint density at radius 2 is 1.97 bits per heavy atom. The SMILES string of the molecule is Cc1cc(C(=O)N[C@@H](Cc2ccc(F)cc2)C(=O)N[C@@H](C[C@@H]2CCCNC2=O)[C@H](C#N)OC(=O)C(C)C)no1. The molecule has 0 spiro atoms. The van der Waals surface area contributed by atoms with Gasteiger partial charge in [0.05, 0.1) is 12.0 Å². The molecule has 0 saturated carbocycles. The van der Waals surface area contributed by atoms with Crippen LogP contribution in [0.2, 0.25) is 0 Å². The van der Waals surface area contributed by atoms with E-state index in [1.165, 1.54) is 30.3 Å². The molecule has 3 N–H and O–H groups in total. The quantitative estimate of drug-likeness (QED) is 0.364. The Morgan fingerprint density at radius 1 is 1.26 bits per heavy atom. The first-order chi connectivity index (χ1) is 18.6. The van der Waals surface area contributed by atoms with Gasteiger partial charge in [-0.3, -0.25) is 19.2 Å². The van der Waals surface area contributed by atoms with Crippen molar-refractivity contribution in [2.24, 2.45) is 11.8 Å². The largest absolute Gasteiger partial charge is 0.444 e. The summed E-state index contributed by atoms with van der Waals surface area (Å²) in [6.45, 7) is 5.36. The van der Waals surface area contributed by atoms with Crippen molar-refractivity contribution in [2.45, 2.75) is 64.6 Å². The summed E-state index contributed by atoms with van der Waals surface area (Å²) in [5.41, 5.74) is 0.514. The lowest BCUT2D eigenvalue weighted by Gasteiger charge is -2.30. The number of aryl methyl sites for hydroxylation is 1. The van der Waals surface area contributed by atoms with Crippen LogP contribution in [0, 0.1) is 35.9 Å². The van der Waals surface area contributed by atoms with Gasteiger partial charge in [-0.15, -0.1) is 0 Å². The Bertz CT molecular complexity index is 1220. The Balaban J connectivity index is 1.86. The summed E-state index contributed by atoms with van der Waals surface area (Å²) in [6.07, 6.45) is -0.0929. The zero-order valence-corrected chi connectivity index (χ0v) is 22.0. The van der Waals surface area contributed by atoms with Crippen molar-refractivity contribution in [1.82, 2.24) is 21.1 Å². The molecule has 11 nitrogen and oxygen atoms in total. The minimum Gasteiger partial charge on any atom is -0.444 e. The number of amides is 3. The minimum atomic E-state index is -1.38. The third-order valence-corrected chi connectivity index (χ3v) is 6.31. The first-order valence-electron chi connectivity index (χ1n) is 12.7. The summed E-state index contributed by atoms with van der Waals surface area (Å²) in [5, 5.41) is 21.6. The van der Waals surface area contributed by atoms with Gasteiger partial charge in [0.2, 0.25) is 17.9 Å². The van der Waals surface area contributed by atoms with Gasteiger partial charge in [-0.05, 0) is 43.9 Å². The Kier molecular flexibility index (Phi) is 10.1. The summed E-state index contributed by atoms with van der Waals surface area (Å²) < 4.78 is 23.8. The maximum atomic E-state index is 13.6. The molecule has 1 aromatic heterocycles. The number of hydrogen-bond acceptors (Lipinski definition) is 8. The number of rotatable bonds is 11. The molecular formula is C27H32FN5O6. The molecule has 2 heterocycles. The van der Waals surface area contributed by atoms with Crippen LogP contribution in [0.4, 0.5) is 4.39 Å². The van der Waals surface area contributed by atoms with Crippen LogP contribution in [0.25, 0.3) is 0 Å². The van der Waals surface area contributed by atoms with Crippen LogP contribution < -0.4 is 16.0 Å². The summed E-state index contributed by atoms with van der Waals surface area (Å²) in [6, 6.07) is 6.53. The third-order valence-electron chi connectivity index (χ3n) is 6.31. The zero-order chi connectivity index (χ0) is 28.5. The first-order valence-corrected chi connectivity index (χ1v) is 12.7. The van der Waals surface area contributed by atoms with E-state index in [1.54, 1.807) is 20.8 Å². The number of nitriles is 1. The van der Waals surface area contributed by atoms with Crippen molar-refractivity contribution in [3.63, 3.8) is 0 Å². The van der Waals surface area contributed by atoms with Gasteiger partial charge < -0.3 is 25.2 Å². The van der Waals surface area contributed by atoms with Gasteiger partial charge >= 0.3 is 5.97 Å². The van der Waals surface area contributed by atoms with Crippen LogP contribution >= 0.6 is 0 Å². The summed E-state index contributed by atoms with van der Waals surface area (Å²) >= 11 is 0. The molecule has 0 radical (unpaired) electrons. The second-order valence-corrected chi connectivity index (χ2v) is 9.80. The van der Waals surface area contributed by atoms with Gasteiger partial charge in [0.25, 0.3) is 5.91 Å². The van der Waals surface area contributed by atoms with Crippen LogP contribution in [-0.2, 0) is 25.5 Å². The summed E-state index contributed by atoms with van der Waals surface area (Å²) in [7, 11) is 0. The third kappa shape index (κ3) is 8.36. The van der Waals surface area contributed by atoms with Crippen LogP contribution in [-0.4, -0.2) is 53.6 Å². The number of piperidine rings is 1. The molecule has 4 atom stereocenters. The number of carbonyl (C=O) groups excluding carboxylic acids is 4. The summed E-state index contributed by atoms with van der Waals surface area (Å²) in [5.74, 6) is -3.31. The smallest absolute Gasteiger partial charge is 0.309 e. The predicted octanol–water partition coefficient (Wildman–Crippen LogP) is 1.96. The highest BCUT2D eigenvalue weighted by molar-refractivity contribution is 5.96. The van der Waals surface area contributed by atoms with Gasteiger partial charge in [0.15, 0.2) is 5.69 Å². The highest BCUT2D eigenvalue weighted by Crippen LogP contribution is 2.21. The first kappa shape index (κ1) is 29.3. The molecule has 12 heteroatoms. The molecule has 3 amide bonds. The van der Waals surface area contributed by atoms with Gasteiger partial charge in [0.1, 0.15) is 23.7 Å². The van der Waals surface area contributed by atoms with E-state index in [9.17, 15) is 28.8 Å². The number of hydrogen-bond donors (Lipinski definition) is 3. The molecule has 1 fully saturated rings. The van der Waals surface area contributed by atoms with Crippen LogP contribution in [0.3, 0.4) is 0 Å². The lowest BCUT2D eigenvalue weighted by molar-refractivity contribution is -0.152. The van der Waals surface area contributed by atoms with Crippen molar-refractivity contribution >= 4 is 23.7 Å². The topological polar surface area (TPSA) is 163 Å². The van der Waals surface area contributed by atoms with E-state index < -0.39 is 53.6 Å². The molecule has 1 saturated heterocycles. The van der Waals surface area contributed by atoms with Gasteiger partial charge in [-0.1, -0.05) is 31.1 Å². The number of esters is 1. The highest BCUT2D eigenvalue weighted by atomic mass is 19.1. The highest BCUT2D eigenvalue weighted by Gasteiger charge is 2.35. The maximum absolute atomic E-state index is 13.6. The van der Waals surface area contributed by atoms with Gasteiger partial charge in [-0.25, -0.2) is 4.39 Å². The minimum absolute atomic E-state index is 0.0195. The zero-order valence-electron chi connectivity index (χ0n) is 22.0. The molecule has 3 rings (SSSR count). The lowest BCUT2D eigenvalue weighted by Crippen LogP contribution is -2.55. The van der Waals surface area contributed by atoms with Crippen LogP contribution in [0.5, 0.6) is 0 Å². The molecule has 1 aromatic carbocycles. The van der Waals surface area contributed by atoms with Crippen molar-refractivity contribution in [3.8, 4) is 6.07 Å². The van der Waals surface area contributed by atoms with E-state index in [4.69, 9.17) is 9.26 Å². The van der Waals surface area contributed by atoms with Crippen molar-refractivity contribution in [3.05, 3.63) is 53.2 Å². The Morgan fingerprint density at radius 3 is 2.56 bits per heavy atom. The van der Waals surface area contributed by atoms with E-state index in [-0.39, 0.29) is 24.4 Å². The molecule has 1 aliphatic rings. The van der Waals surface area contributed by atoms with Crippen molar-refractivity contribution in [2.75, 3.05) is 6.54 Å². The van der Waals surface area contributed by atoms with E-state index in [2.05, 4.69) is 21.1 Å². The molecule has 0 bridgehead atoms. The van der Waals surface area contributed by atoms with Crippen LogP contribution in [0.1, 0.15) is 54.9 Å². The molecule has 39 heavy (non-hydrogen) atoms. The number of benzene rings is 1. The molecular weight excluding hydrogens is 509 g/mol. The second-order valence-electron chi connectivity index (χ2n) is 9.80. The van der Waals surface area contributed by atoms with Gasteiger partial charge in [0, 0.05) is 24.9 Å².